The molecular formula is C14H19N3O. The average Bonchev–Trinajstić information content (AvgIpc) is 2.88. The number of piperazine rings is 1. The lowest BCUT2D eigenvalue weighted by atomic mass is 10.1. The maximum atomic E-state index is 10.2. The molecule has 1 aromatic heterocycles. The molecule has 1 saturated heterocycles. The summed E-state index contributed by atoms with van der Waals surface area (Å²) in [6.45, 7) is 5.37. The Morgan fingerprint density at radius 2 is 2.00 bits per heavy atom. The van der Waals surface area contributed by atoms with Crippen molar-refractivity contribution in [3.63, 3.8) is 0 Å². The van der Waals surface area contributed by atoms with Crippen LogP contribution in [0, 0.1) is 0 Å². The largest absolute Gasteiger partial charge is 0.507 e. The van der Waals surface area contributed by atoms with Crippen LogP contribution in [0.2, 0.25) is 0 Å². The van der Waals surface area contributed by atoms with Crippen LogP contribution < -0.4 is 5.32 Å². The Morgan fingerprint density at radius 3 is 2.83 bits per heavy atom. The predicted molar refractivity (Wildman–Crippen MR) is 73.0 cm³/mol. The molecule has 1 aromatic carbocycles. The number of benzene rings is 1. The molecule has 96 valence electrons. The molecule has 4 nitrogen and oxygen atoms in total. The Kier molecular flexibility index (Phi) is 3.21. The third kappa shape index (κ3) is 2.21. The standard InChI is InChI=1S/C14H19N3O/c18-14-11(1-2-13-12(14)3-5-16-13)4-8-17-9-6-15-7-10-17/h1-3,5,15-16,18H,4,6-10H2. The van der Waals surface area contributed by atoms with Crippen LogP contribution in [-0.4, -0.2) is 47.7 Å². The number of hydrogen-bond donors (Lipinski definition) is 3. The molecule has 18 heavy (non-hydrogen) atoms. The number of fused-ring (bicyclic) bond motifs is 1. The molecule has 0 saturated carbocycles. The highest BCUT2D eigenvalue weighted by Gasteiger charge is 2.11. The van der Waals surface area contributed by atoms with Crippen molar-refractivity contribution in [1.82, 2.24) is 15.2 Å². The number of hydrogen-bond acceptors (Lipinski definition) is 3. The van der Waals surface area contributed by atoms with Gasteiger partial charge in [0.1, 0.15) is 5.75 Å². The minimum Gasteiger partial charge on any atom is -0.507 e. The molecule has 0 atom stereocenters. The van der Waals surface area contributed by atoms with Crippen molar-refractivity contribution in [1.29, 1.82) is 0 Å². The Labute approximate surface area is 107 Å². The lowest BCUT2D eigenvalue weighted by molar-refractivity contribution is 0.243. The Morgan fingerprint density at radius 1 is 1.17 bits per heavy atom. The van der Waals surface area contributed by atoms with Crippen LogP contribution in [0.25, 0.3) is 10.9 Å². The molecular weight excluding hydrogens is 226 g/mol. The minimum atomic E-state index is 0.434. The summed E-state index contributed by atoms with van der Waals surface area (Å²) in [5.41, 5.74) is 2.04. The summed E-state index contributed by atoms with van der Waals surface area (Å²) in [6, 6.07) is 6.00. The third-order valence-electron chi connectivity index (χ3n) is 3.70. The highest BCUT2D eigenvalue weighted by atomic mass is 16.3. The molecule has 4 heteroatoms. The van der Waals surface area contributed by atoms with Gasteiger partial charge >= 0.3 is 0 Å². The van der Waals surface area contributed by atoms with E-state index >= 15 is 0 Å². The fourth-order valence-electron chi connectivity index (χ4n) is 2.58. The van der Waals surface area contributed by atoms with E-state index in [9.17, 15) is 5.11 Å². The number of phenols is 1. The zero-order valence-corrected chi connectivity index (χ0v) is 10.4. The molecule has 0 spiro atoms. The van der Waals surface area contributed by atoms with Gasteiger partial charge in [0, 0.05) is 49.8 Å². The highest BCUT2D eigenvalue weighted by Crippen LogP contribution is 2.28. The quantitative estimate of drug-likeness (QED) is 0.764. The second kappa shape index (κ2) is 5.00. The van der Waals surface area contributed by atoms with Crippen molar-refractivity contribution in [2.24, 2.45) is 0 Å². The summed E-state index contributed by atoms with van der Waals surface area (Å²) in [5, 5.41) is 14.5. The van der Waals surface area contributed by atoms with Crippen LogP contribution in [0.1, 0.15) is 5.56 Å². The van der Waals surface area contributed by atoms with Crippen molar-refractivity contribution < 1.29 is 5.11 Å². The zero-order chi connectivity index (χ0) is 12.4. The van der Waals surface area contributed by atoms with Gasteiger partial charge in [-0.1, -0.05) is 6.07 Å². The monoisotopic (exact) mass is 245 g/mol. The van der Waals surface area contributed by atoms with Gasteiger partial charge in [0.15, 0.2) is 0 Å². The minimum absolute atomic E-state index is 0.434. The molecule has 0 unspecified atom stereocenters. The first-order valence-corrected chi connectivity index (χ1v) is 6.55. The lowest BCUT2D eigenvalue weighted by Gasteiger charge is -2.27. The summed E-state index contributed by atoms with van der Waals surface area (Å²) in [7, 11) is 0. The van der Waals surface area contributed by atoms with Crippen molar-refractivity contribution >= 4 is 10.9 Å². The van der Waals surface area contributed by atoms with Crippen molar-refractivity contribution in [2.75, 3.05) is 32.7 Å². The molecule has 0 bridgehead atoms. The third-order valence-corrected chi connectivity index (χ3v) is 3.70. The van der Waals surface area contributed by atoms with Gasteiger partial charge < -0.3 is 20.3 Å². The lowest BCUT2D eigenvalue weighted by Crippen LogP contribution is -2.44. The number of phenolic OH excluding ortho intramolecular Hbond substituents is 1. The topological polar surface area (TPSA) is 51.3 Å². The van der Waals surface area contributed by atoms with Gasteiger partial charge in [0.05, 0.1) is 0 Å². The first-order chi connectivity index (χ1) is 8.84. The summed E-state index contributed by atoms with van der Waals surface area (Å²) in [5.74, 6) is 0.434. The molecule has 0 amide bonds. The molecule has 3 N–H and O–H groups in total. The van der Waals surface area contributed by atoms with Gasteiger partial charge in [0.25, 0.3) is 0 Å². The van der Waals surface area contributed by atoms with Gasteiger partial charge in [-0.15, -0.1) is 0 Å². The summed E-state index contributed by atoms with van der Waals surface area (Å²) in [4.78, 5) is 5.56. The summed E-state index contributed by atoms with van der Waals surface area (Å²) >= 11 is 0. The van der Waals surface area contributed by atoms with Gasteiger partial charge in [-0.25, -0.2) is 0 Å². The molecule has 2 aromatic rings. The smallest absolute Gasteiger partial charge is 0.128 e. The highest BCUT2D eigenvalue weighted by molar-refractivity contribution is 5.86. The number of rotatable bonds is 3. The normalized spacial score (nSPS) is 17.3. The van der Waals surface area contributed by atoms with Crippen molar-refractivity contribution in [3.05, 3.63) is 30.0 Å². The van der Waals surface area contributed by atoms with E-state index in [-0.39, 0.29) is 0 Å². The van der Waals surface area contributed by atoms with E-state index < -0.39 is 0 Å². The van der Waals surface area contributed by atoms with E-state index in [4.69, 9.17) is 0 Å². The van der Waals surface area contributed by atoms with Crippen LogP contribution in [0.3, 0.4) is 0 Å². The molecule has 1 aliphatic rings. The van der Waals surface area contributed by atoms with Crippen molar-refractivity contribution in [2.45, 2.75) is 6.42 Å². The second-order valence-electron chi connectivity index (χ2n) is 4.85. The average molecular weight is 245 g/mol. The predicted octanol–water partition coefficient (Wildman–Crippen LogP) is 1.32. The molecule has 2 heterocycles. The SMILES string of the molecule is Oc1c(CCN2CCNCC2)ccc2[nH]ccc12. The fraction of sp³-hybridized carbons (Fsp3) is 0.429. The van der Waals surface area contributed by atoms with E-state index in [1.54, 1.807) is 0 Å². The van der Waals surface area contributed by atoms with Gasteiger partial charge in [-0.3, -0.25) is 0 Å². The van der Waals surface area contributed by atoms with Gasteiger partial charge in [-0.05, 0) is 24.1 Å². The fourth-order valence-corrected chi connectivity index (χ4v) is 2.58. The van der Waals surface area contributed by atoms with E-state index in [1.807, 2.05) is 24.4 Å². The molecule has 0 radical (unpaired) electrons. The van der Waals surface area contributed by atoms with E-state index in [0.717, 1.165) is 55.6 Å². The number of aromatic hydroxyl groups is 1. The van der Waals surface area contributed by atoms with Crippen LogP contribution in [0.5, 0.6) is 5.75 Å². The van der Waals surface area contributed by atoms with Gasteiger partial charge in [-0.2, -0.15) is 0 Å². The van der Waals surface area contributed by atoms with Gasteiger partial charge in [0.2, 0.25) is 0 Å². The number of nitrogens with one attached hydrogen (secondary N) is 2. The summed E-state index contributed by atoms with van der Waals surface area (Å²) in [6.07, 6.45) is 2.78. The number of nitrogens with zero attached hydrogens (tertiary/aromatic N) is 1. The number of H-pyrrole nitrogens is 1. The maximum Gasteiger partial charge on any atom is 0.128 e. The maximum absolute atomic E-state index is 10.2. The molecule has 1 aliphatic heterocycles. The second-order valence-corrected chi connectivity index (χ2v) is 4.85. The first-order valence-electron chi connectivity index (χ1n) is 6.55. The van der Waals surface area contributed by atoms with E-state index in [1.165, 1.54) is 0 Å². The van der Waals surface area contributed by atoms with Crippen molar-refractivity contribution in [3.8, 4) is 5.75 Å². The van der Waals surface area contributed by atoms with Crippen LogP contribution in [0.15, 0.2) is 24.4 Å². The first kappa shape index (κ1) is 11.6. The van der Waals surface area contributed by atoms with E-state index in [0.29, 0.717) is 5.75 Å². The van der Waals surface area contributed by atoms with Crippen LogP contribution in [-0.2, 0) is 6.42 Å². The molecule has 3 rings (SSSR count). The Bertz CT molecular complexity index is 529. The molecule has 1 fully saturated rings. The van der Waals surface area contributed by atoms with E-state index in [2.05, 4.69) is 15.2 Å². The summed E-state index contributed by atoms with van der Waals surface area (Å²) < 4.78 is 0. The Hall–Kier alpha value is -1.52. The van der Waals surface area contributed by atoms with Crippen LogP contribution >= 0.6 is 0 Å². The zero-order valence-electron chi connectivity index (χ0n) is 10.4. The number of aromatic amines is 1. The van der Waals surface area contributed by atoms with Crippen LogP contribution in [0.4, 0.5) is 0 Å². The number of aromatic nitrogens is 1. The molecule has 0 aliphatic carbocycles. The Balaban J connectivity index is 1.71.